The maximum absolute atomic E-state index is 12.5. The Hall–Kier alpha value is -2.10. The van der Waals surface area contributed by atoms with E-state index in [1.807, 2.05) is 13.0 Å². The first-order valence-corrected chi connectivity index (χ1v) is 8.59. The Balaban J connectivity index is 1.53. The van der Waals surface area contributed by atoms with Crippen molar-refractivity contribution in [1.29, 1.82) is 0 Å². The summed E-state index contributed by atoms with van der Waals surface area (Å²) in [6.07, 6.45) is 4.54. The topological polar surface area (TPSA) is 55.1 Å². The number of amides is 1. The molecule has 2 aliphatic rings. The summed E-state index contributed by atoms with van der Waals surface area (Å²) in [4.78, 5) is 12.5. The van der Waals surface area contributed by atoms with Crippen LogP contribution in [0, 0.1) is 11.8 Å². The smallest absolute Gasteiger partial charge is 0.290 e. The van der Waals surface area contributed by atoms with E-state index in [0.717, 1.165) is 12.1 Å². The summed E-state index contributed by atoms with van der Waals surface area (Å²) in [5, 5.41) is 7.13. The molecule has 4 nitrogen and oxygen atoms in total. The van der Waals surface area contributed by atoms with Crippen LogP contribution in [0.5, 0.6) is 0 Å². The summed E-state index contributed by atoms with van der Waals surface area (Å²) < 4.78 is 5.18. The molecule has 0 unspecified atom stereocenters. The maximum atomic E-state index is 12.5. The predicted octanol–water partition coefficient (Wildman–Crippen LogP) is 3.55. The molecular weight excluding hydrogens is 288 g/mol. The lowest BCUT2D eigenvalue weighted by atomic mass is 9.60. The van der Waals surface area contributed by atoms with E-state index < -0.39 is 0 Å². The van der Waals surface area contributed by atoms with Crippen molar-refractivity contribution in [3.8, 4) is 0 Å². The van der Waals surface area contributed by atoms with E-state index in [-0.39, 0.29) is 11.9 Å². The number of carbonyl (C=O) groups is 1. The van der Waals surface area contributed by atoms with Gasteiger partial charge in [-0.3, -0.25) is 4.79 Å². The van der Waals surface area contributed by atoms with Crippen molar-refractivity contribution in [3.05, 3.63) is 53.4 Å². The third-order valence-electron chi connectivity index (χ3n) is 5.56. The number of nitrogens with zero attached hydrogens (tertiary/aromatic N) is 1. The molecule has 2 aromatic rings. The van der Waals surface area contributed by atoms with Crippen molar-refractivity contribution < 1.29 is 9.32 Å². The minimum Gasteiger partial charge on any atom is -0.351 e. The Kier molecular flexibility index (Phi) is 3.68. The lowest BCUT2D eigenvalue weighted by molar-refractivity contribution is 0.0662. The van der Waals surface area contributed by atoms with Crippen LogP contribution in [0.1, 0.15) is 53.9 Å². The van der Waals surface area contributed by atoms with Crippen LogP contribution in [0.3, 0.4) is 0 Å². The fraction of sp³-hybridized carbons (Fsp3) is 0.474. The van der Waals surface area contributed by atoms with Crippen LogP contribution in [0.15, 0.2) is 40.9 Å². The van der Waals surface area contributed by atoms with E-state index in [9.17, 15) is 4.79 Å². The van der Waals surface area contributed by atoms with Crippen molar-refractivity contribution in [2.45, 2.75) is 44.6 Å². The van der Waals surface area contributed by atoms with E-state index in [4.69, 9.17) is 4.52 Å². The van der Waals surface area contributed by atoms with Gasteiger partial charge in [-0.2, -0.15) is 0 Å². The summed E-state index contributed by atoms with van der Waals surface area (Å²) in [5.74, 6) is 1.95. The molecule has 2 fully saturated rings. The summed E-state index contributed by atoms with van der Waals surface area (Å²) in [6, 6.07) is 12.5. The van der Waals surface area contributed by atoms with E-state index in [1.54, 1.807) is 6.07 Å². The van der Waals surface area contributed by atoms with E-state index in [1.165, 1.54) is 24.8 Å². The highest BCUT2D eigenvalue weighted by Gasteiger charge is 2.53. The first-order chi connectivity index (χ1) is 11.3. The fourth-order valence-electron chi connectivity index (χ4n) is 4.43. The summed E-state index contributed by atoms with van der Waals surface area (Å²) in [5.41, 5.74) is 2.16. The number of aromatic nitrogens is 1. The van der Waals surface area contributed by atoms with Gasteiger partial charge < -0.3 is 9.84 Å². The number of hydrogen-bond donors (Lipinski definition) is 1. The van der Waals surface area contributed by atoms with Crippen LogP contribution in [0.25, 0.3) is 0 Å². The molecule has 23 heavy (non-hydrogen) atoms. The lowest BCUT2D eigenvalue weighted by Crippen LogP contribution is -2.56. The molecule has 0 spiro atoms. The average molecular weight is 310 g/mol. The Labute approximate surface area is 136 Å². The predicted molar refractivity (Wildman–Crippen MR) is 87.1 cm³/mol. The zero-order chi connectivity index (χ0) is 15.8. The van der Waals surface area contributed by atoms with Gasteiger partial charge in [0.25, 0.3) is 5.91 Å². The zero-order valence-corrected chi connectivity index (χ0v) is 13.4. The Morgan fingerprint density at radius 2 is 2.04 bits per heavy atom. The monoisotopic (exact) mass is 310 g/mol. The second kappa shape index (κ2) is 5.84. The van der Waals surface area contributed by atoms with Gasteiger partial charge in [-0.1, -0.05) is 48.8 Å². The molecule has 0 bridgehead atoms. The van der Waals surface area contributed by atoms with Crippen LogP contribution >= 0.6 is 0 Å². The van der Waals surface area contributed by atoms with Crippen molar-refractivity contribution in [3.63, 3.8) is 0 Å². The second-order valence-electron chi connectivity index (χ2n) is 6.73. The summed E-state index contributed by atoms with van der Waals surface area (Å²) in [6.45, 7) is 2.00. The highest BCUT2D eigenvalue weighted by molar-refractivity contribution is 5.91. The van der Waals surface area contributed by atoms with Gasteiger partial charge in [-0.15, -0.1) is 0 Å². The molecule has 1 aromatic heterocycles. The Bertz CT molecular complexity index is 694. The number of nitrogens with one attached hydrogen (secondary N) is 1. The summed E-state index contributed by atoms with van der Waals surface area (Å²) >= 11 is 0. The van der Waals surface area contributed by atoms with Crippen LogP contribution in [-0.4, -0.2) is 17.1 Å². The number of hydrogen-bond acceptors (Lipinski definition) is 3. The second-order valence-corrected chi connectivity index (χ2v) is 6.73. The zero-order valence-electron chi connectivity index (χ0n) is 13.4. The molecule has 2 saturated carbocycles. The SMILES string of the molecule is CCc1cc(C(=O)N[C@@H]2[C@@H]3CCC[C@@H]3[C@@H]2c2ccccc2)on1. The standard InChI is InChI=1S/C19H22N2O2/c1-2-13-11-16(23-21-13)19(22)20-18-15-10-6-9-14(15)17(18)12-7-4-3-5-8-12/h3-5,7-8,11,14-15,17-18H,2,6,9-10H2,1H3,(H,20,22)/t14-,15+,17-,18+/m0/s1. The van der Waals surface area contributed by atoms with Crippen molar-refractivity contribution in [1.82, 2.24) is 10.5 Å². The quantitative estimate of drug-likeness (QED) is 0.939. The lowest BCUT2D eigenvalue weighted by Gasteiger charge is -2.49. The third-order valence-corrected chi connectivity index (χ3v) is 5.56. The minimum absolute atomic E-state index is 0.131. The van der Waals surface area contributed by atoms with Crippen molar-refractivity contribution in [2.75, 3.05) is 0 Å². The van der Waals surface area contributed by atoms with E-state index in [0.29, 0.717) is 23.5 Å². The first-order valence-electron chi connectivity index (χ1n) is 8.59. The molecule has 4 rings (SSSR count). The minimum atomic E-state index is -0.131. The van der Waals surface area contributed by atoms with Gasteiger partial charge in [-0.05, 0) is 36.7 Å². The number of benzene rings is 1. The Morgan fingerprint density at radius 1 is 1.26 bits per heavy atom. The van der Waals surface area contributed by atoms with Gasteiger partial charge in [0.05, 0.1) is 5.69 Å². The molecule has 0 saturated heterocycles. The third kappa shape index (κ3) is 2.46. The van der Waals surface area contributed by atoms with Crippen LogP contribution < -0.4 is 5.32 Å². The maximum Gasteiger partial charge on any atom is 0.290 e. The number of carbonyl (C=O) groups excluding carboxylic acids is 1. The first kappa shape index (κ1) is 14.5. The van der Waals surface area contributed by atoms with Crippen molar-refractivity contribution in [2.24, 2.45) is 11.8 Å². The van der Waals surface area contributed by atoms with E-state index in [2.05, 4.69) is 34.7 Å². The van der Waals surface area contributed by atoms with Gasteiger partial charge >= 0.3 is 0 Å². The van der Waals surface area contributed by atoms with E-state index >= 15 is 0 Å². The average Bonchev–Trinajstić information content (AvgIpc) is 3.21. The molecule has 2 aliphatic carbocycles. The molecular formula is C19H22N2O2. The molecule has 4 atom stereocenters. The molecule has 1 N–H and O–H groups in total. The Morgan fingerprint density at radius 3 is 2.78 bits per heavy atom. The number of fused-ring (bicyclic) bond motifs is 1. The normalized spacial score (nSPS) is 28.9. The van der Waals surface area contributed by atoms with Crippen LogP contribution in [0.4, 0.5) is 0 Å². The highest BCUT2D eigenvalue weighted by Crippen LogP contribution is 2.55. The highest BCUT2D eigenvalue weighted by atomic mass is 16.5. The van der Waals surface area contributed by atoms with Gasteiger partial charge in [-0.25, -0.2) is 0 Å². The summed E-state index contributed by atoms with van der Waals surface area (Å²) in [7, 11) is 0. The molecule has 1 heterocycles. The number of aryl methyl sites for hydroxylation is 1. The molecule has 1 amide bonds. The van der Waals surface area contributed by atoms with Gasteiger partial charge in [0.2, 0.25) is 5.76 Å². The van der Waals surface area contributed by atoms with Crippen LogP contribution in [0.2, 0.25) is 0 Å². The molecule has 4 heteroatoms. The van der Waals surface area contributed by atoms with Gasteiger partial charge in [0.1, 0.15) is 0 Å². The molecule has 0 aliphatic heterocycles. The molecule has 0 radical (unpaired) electrons. The van der Waals surface area contributed by atoms with Crippen LogP contribution in [-0.2, 0) is 6.42 Å². The van der Waals surface area contributed by atoms with Gasteiger partial charge in [0, 0.05) is 18.0 Å². The fourth-order valence-corrected chi connectivity index (χ4v) is 4.43. The largest absolute Gasteiger partial charge is 0.351 e. The number of rotatable bonds is 4. The molecule has 1 aromatic carbocycles. The van der Waals surface area contributed by atoms with Crippen molar-refractivity contribution >= 4 is 5.91 Å². The van der Waals surface area contributed by atoms with Gasteiger partial charge in [0.15, 0.2) is 0 Å². The molecule has 120 valence electrons.